The van der Waals surface area contributed by atoms with Crippen LogP contribution in [0.5, 0.6) is 0 Å². The van der Waals surface area contributed by atoms with Crippen molar-refractivity contribution >= 4 is 49.4 Å². The first-order valence-electron chi connectivity index (χ1n) is 10.1. The molecule has 2 aromatic rings. The lowest BCUT2D eigenvalue weighted by Gasteiger charge is -2.32. The second kappa shape index (κ2) is 10.5. The number of aryl methyl sites for hydroxylation is 1. The topological polar surface area (TPSA) is 87.5 Å². The summed E-state index contributed by atoms with van der Waals surface area (Å²) in [5, 5.41) is 15.9. The Kier molecular flexibility index (Phi) is 8.07. The van der Waals surface area contributed by atoms with Crippen LogP contribution in [0.15, 0.2) is 33.5 Å². The van der Waals surface area contributed by atoms with Gasteiger partial charge in [-0.15, -0.1) is 0 Å². The molecule has 0 unspecified atom stereocenters. The van der Waals surface area contributed by atoms with Gasteiger partial charge in [-0.05, 0) is 53.5 Å². The summed E-state index contributed by atoms with van der Waals surface area (Å²) >= 11 is 7.14. The lowest BCUT2D eigenvalue weighted by molar-refractivity contribution is -0.137. The number of rotatable bonds is 8. The largest absolute Gasteiger partial charge is 0.481 e. The second-order valence-electron chi connectivity index (χ2n) is 7.72. The van der Waals surface area contributed by atoms with E-state index in [2.05, 4.69) is 54.2 Å². The van der Waals surface area contributed by atoms with Crippen LogP contribution in [-0.4, -0.2) is 44.8 Å². The molecule has 1 aromatic carbocycles. The highest BCUT2D eigenvalue weighted by Gasteiger charge is 2.21. The van der Waals surface area contributed by atoms with Gasteiger partial charge in [0.25, 0.3) is 5.91 Å². The maximum atomic E-state index is 12.8. The zero-order chi connectivity index (χ0) is 21.7. The lowest BCUT2D eigenvalue weighted by atomic mass is 9.94. The summed E-state index contributed by atoms with van der Waals surface area (Å²) in [6.07, 6.45) is 9.26. The van der Waals surface area contributed by atoms with Crippen LogP contribution in [0.1, 0.15) is 54.4 Å². The van der Waals surface area contributed by atoms with Crippen molar-refractivity contribution in [1.29, 1.82) is 0 Å². The number of aliphatic carboxylic acids is 1. The number of aromatic nitrogens is 2. The molecular formula is C21H26Br2N4O3. The number of anilines is 1. The Morgan fingerprint density at radius 3 is 2.70 bits per heavy atom. The van der Waals surface area contributed by atoms with Crippen molar-refractivity contribution in [3.63, 3.8) is 0 Å². The first-order chi connectivity index (χ1) is 14.3. The minimum absolute atomic E-state index is 0.0430. The van der Waals surface area contributed by atoms with Crippen molar-refractivity contribution in [2.24, 2.45) is 0 Å². The molecular weight excluding hydrogens is 516 g/mol. The average molecular weight is 542 g/mol. The molecule has 1 heterocycles. The van der Waals surface area contributed by atoms with E-state index in [1.807, 2.05) is 12.1 Å². The molecule has 1 saturated carbocycles. The molecule has 0 saturated heterocycles. The zero-order valence-electron chi connectivity index (χ0n) is 16.9. The third-order valence-corrected chi connectivity index (χ3v) is 6.53. The molecule has 1 fully saturated rings. The maximum absolute atomic E-state index is 12.8. The highest BCUT2D eigenvalue weighted by molar-refractivity contribution is 9.11. The van der Waals surface area contributed by atoms with E-state index >= 15 is 0 Å². The summed E-state index contributed by atoms with van der Waals surface area (Å²) in [5.41, 5.74) is 2.15. The van der Waals surface area contributed by atoms with Gasteiger partial charge < -0.3 is 10.4 Å². The van der Waals surface area contributed by atoms with Crippen molar-refractivity contribution < 1.29 is 14.7 Å². The maximum Gasteiger partial charge on any atom is 0.305 e. The average Bonchev–Trinajstić information content (AvgIpc) is 3.18. The molecule has 0 bridgehead atoms. The molecule has 1 aromatic heterocycles. The van der Waals surface area contributed by atoms with Gasteiger partial charge in [0, 0.05) is 27.7 Å². The quantitative estimate of drug-likeness (QED) is 0.496. The molecule has 9 heteroatoms. The molecule has 1 amide bonds. The third kappa shape index (κ3) is 6.15. The van der Waals surface area contributed by atoms with Crippen LogP contribution in [0.3, 0.4) is 0 Å². The number of hydrogen-bond acceptors (Lipinski definition) is 4. The Morgan fingerprint density at radius 2 is 2.00 bits per heavy atom. The van der Waals surface area contributed by atoms with E-state index in [1.54, 1.807) is 6.20 Å². The van der Waals surface area contributed by atoms with Gasteiger partial charge in [0.05, 0.1) is 30.4 Å². The summed E-state index contributed by atoms with van der Waals surface area (Å²) in [6, 6.07) is 4.51. The van der Waals surface area contributed by atoms with Crippen molar-refractivity contribution in [2.75, 3.05) is 12.4 Å². The molecule has 0 aliphatic heterocycles. The van der Waals surface area contributed by atoms with E-state index in [9.17, 15) is 9.59 Å². The zero-order valence-corrected chi connectivity index (χ0v) is 20.1. The lowest BCUT2D eigenvalue weighted by Crippen LogP contribution is -2.33. The molecule has 7 nitrogen and oxygen atoms in total. The van der Waals surface area contributed by atoms with E-state index in [4.69, 9.17) is 5.11 Å². The standard InChI is InChI=1S/C21H26Br2N4O3/c1-26(17-5-3-2-4-6-17)12-14-9-16(22)10-18(23)20(14)25-21(30)15-11-24-27(13-15)8-7-19(28)29/h9-11,13,17H,2-8,12H2,1H3,(H,25,30)(H,28,29). The van der Waals surface area contributed by atoms with E-state index in [0.29, 0.717) is 11.6 Å². The van der Waals surface area contributed by atoms with Gasteiger partial charge >= 0.3 is 5.97 Å². The molecule has 1 aliphatic rings. The van der Waals surface area contributed by atoms with Crippen molar-refractivity contribution in [2.45, 2.75) is 57.7 Å². The Labute approximate surface area is 193 Å². The predicted octanol–water partition coefficient (Wildman–Crippen LogP) is 4.90. The first kappa shape index (κ1) is 23.0. The van der Waals surface area contributed by atoms with Gasteiger partial charge in [-0.1, -0.05) is 35.2 Å². The summed E-state index contributed by atoms with van der Waals surface area (Å²) in [7, 11) is 2.14. The highest BCUT2D eigenvalue weighted by atomic mass is 79.9. The van der Waals surface area contributed by atoms with Gasteiger partial charge in [-0.25, -0.2) is 0 Å². The minimum atomic E-state index is -0.901. The number of benzene rings is 1. The smallest absolute Gasteiger partial charge is 0.305 e. The fraction of sp³-hybridized carbons (Fsp3) is 0.476. The number of carbonyl (C=O) groups is 2. The molecule has 0 spiro atoms. The second-order valence-corrected chi connectivity index (χ2v) is 9.49. The first-order valence-corrected chi connectivity index (χ1v) is 11.7. The molecule has 1 aliphatic carbocycles. The molecule has 0 atom stereocenters. The van der Waals surface area contributed by atoms with Crippen LogP contribution < -0.4 is 5.32 Å². The normalized spacial score (nSPS) is 14.8. The molecule has 162 valence electrons. The number of halogens is 2. The van der Waals surface area contributed by atoms with Gasteiger partial charge in [-0.2, -0.15) is 5.10 Å². The number of hydrogen-bond donors (Lipinski definition) is 2. The van der Waals surface area contributed by atoms with Crippen LogP contribution in [0.25, 0.3) is 0 Å². The third-order valence-electron chi connectivity index (χ3n) is 5.44. The van der Waals surface area contributed by atoms with Crippen molar-refractivity contribution in [1.82, 2.24) is 14.7 Å². The fourth-order valence-corrected chi connectivity index (χ4v) is 5.22. The summed E-state index contributed by atoms with van der Waals surface area (Å²) in [5.74, 6) is -1.18. The summed E-state index contributed by atoms with van der Waals surface area (Å²) < 4.78 is 3.22. The molecule has 0 radical (unpaired) electrons. The number of nitrogens with zero attached hydrogens (tertiary/aromatic N) is 3. The summed E-state index contributed by atoms with van der Waals surface area (Å²) in [6.45, 7) is 0.957. The predicted molar refractivity (Wildman–Crippen MR) is 123 cm³/mol. The minimum Gasteiger partial charge on any atom is -0.481 e. The van der Waals surface area contributed by atoms with E-state index in [0.717, 1.165) is 26.7 Å². The number of carboxylic acid groups (broad SMARTS) is 1. The van der Waals surface area contributed by atoms with Crippen molar-refractivity contribution in [3.05, 3.63) is 44.6 Å². The van der Waals surface area contributed by atoms with Crippen molar-refractivity contribution in [3.8, 4) is 0 Å². The Hall–Kier alpha value is -1.71. The molecule has 2 N–H and O–H groups in total. The Balaban J connectivity index is 1.74. The van der Waals surface area contributed by atoms with E-state index < -0.39 is 5.97 Å². The van der Waals surface area contributed by atoms with E-state index in [-0.39, 0.29) is 18.9 Å². The fourth-order valence-electron chi connectivity index (χ4n) is 3.81. The van der Waals surface area contributed by atoms with Crippen LogP contribution in [0.4, 0.5) is 5.69 Å². The van der Waals surface area contributed by atoms with Gasteiger partial charge in [0.15, 0.2) is 0 Å². The molecule has 30 heavy (non-hydrogen) atoms. The van der Waals surface area contributed by atoms with Gasteiger partial charge in [-0.3, -0.25) is 19.2 Å². The summed E-state index contributed by atoms with van der Waals surface area (Å²) in [4.78, 5) is 25.9. The van der Waals surface area contributed by atoms with E-state index in [1.165, 1.54) is 43.0 Å². The van der Waals surface area contributed by atoms with Gasteiger partial charge in [0.2, 0.25) is 0 Å². The number of nitrogens with one attached hydrogen (secondary N) is 1. The number of amides is 1. The molecule has 3 rings (SSSR count). The number of carboxylic acids is 1. The number of carbonyl (C=O) groups excluding carboxylic acids is 1. The van der Waals surface area contributed by atoms with Crippen LogP contribution >= 0.6 is 31.9 Å². The van der Waals surface area contributed by atoms with Crippen LogP contribution in [0, 0.1) is 0 Å². The monoisotopic (exact) mass is 540 g/mol. The SMILES string of the molecule is CN(Cc1cc(Br)cc(Br)c1NC(=O)c1cnn(CCC(=O)O)c1)C1CCCCC1. The van der Waals surface area contributed by atoms with Gasteiger partial charge in [0.1, 0.15) is 0 Å². The van der Waals surface area contributed by atoms with Crippen LogP contribution in [0.2, 0.25) is 0 Å². The Morgan fingerprint density at radius 1 is 1.27 bits per heavy atom. The highest BCUT2D eigenvalue weighted by Crippen LogP contribution is 2.33. The van der Waals surface area contributed by atoms with Crippen LogP contribution in [-0.2, 0) is 17.9 Å². The Bertz CT molecular complexity index is 910.